The molecule has 0 bridgehead atoms. The molecule has 2 aliphatic rings. The topological polar surface area (TPSA) is 58.6 Å². The van der Waals surface area contributed by atoms with Crippen LogP contribution in [0.2, 0.25) is 0 Å². The first kappa shape index (κ1) is 14.2. The van der Waals surface area contributed by atoms with Crippen LogP contribution >= 0.6 is 0 Å². The summed E-state index contributed by atoms with van der Waals surface area (Å²) in [6.07, 6.45) is 0.615. The Kier molecular flexibility index (Phi) is 4.31. The third kappa shape index (κ3) is 3.04. The van der Waals surface area contributed by atoms with Crippen LogP contribution in [0.15, 0.2) is 0 Å². The van der Waals surface area contributed by atoms with E-state index >= 15 is 0 Å². The molecule has 0 aromatic rings. The van der Waals surface area contributed by atoms with E-state index in [1.165, 1.54) is 0 Å². The highest BCUT2D eigenvalue weighted by Gasteiger charge is 2.37. The van der Waals surface area contributed by atoms with Crippen molar-refractivity contribution in [2.45, 2.75) is 44.5 Å². The van der Waals surface area contributed by atoms with Gasteiger partial charge in [-0.15, -0.1) is 0 Å². The van der Waals surface area contributed by atoms with Gasteiger partial charge in [0.2, 0.25) is 10.0 Å². The summed E-state index contributed by atoms with van der Waals surface area (Å²) in [5, 5.41) is -0.363. The molecular formula is C12H24N2O3S. The highest BCUT2D eigenvalue weighted by Crippen LogP contribution is 2.21. The minimum atomic E-state index is -3.23. The summed E-state index contributed by atoms with van der Waals surface area (Å²) >= 11 is 0. The second-order valence-corrected chi connectivity index (χ2v) is 7.77. The Morgan fingerprint density at radius 2 is 2.06 bits per heavy atom. The molecule has 0 saturated carbocycles. The molecule has 0 unspecified atom stereocenters. The zero-order chi connectivity index (χ0) is 13.3. The van der Waals surface area contributed by atoms with E-state index in [1.807, 2.05) is 0 Å². The van der Waals surface area contributed by atoms with E-state index in [2.05, 4.69) is 30.4 Å². The number of nitrogens with one attached hydrogen (secondary N) is 1. The Morgan fingerprint density at radius 3 is 2.56 bits per heavy atom. The predicted octanol–water partition coefficient (Wildman–Crippen LogP) is 0.423. The van der Waals surface area contributed by atoms with Gasteiger partial charge in [0.05, 0.1) is 6.61 Å². The smallest absolute Gasteiger partial charge is 0.217 e. The lowest BCUT2D eigenvalue weighted by atomic mass is 10.1. The molecule has 2 heterocycles. The van der Waals surface area contributed by atoms with Crippen molar-refractivity contribution in [1.82, 2.24) is 9.62 Å². The van der Waals surface area contributed by atoms with Crippen molar-refractivity contribution in [2.24, 2.45) is 5.92 Å². The molecule has 0 radical (unpaired) electrons. The number of nitrogens with zero attached hydrogens (tertiary/aromatic N) is 1. The van der Waals surface area contributed by atoms with Gasteiger partial charge in [-0.3, -0.25) is 4.90 Å². The predicted molar refractivity (Wildman–Crippen MR) is 70.9 cm³/mol. The molecule has 106 valence electrons. The zero-order valence-corrected chi connectivity index (χ0v) is 12.2. The first-order valence-corrected chi connectivity index (χ1v) is 8.27. The van der Waals surface area contributed by atoms with Crippen LogP contribution in [0.25, 0.3) is 0 Å². The lowest BCUT2D eigenvalue weighted by Gasteiger charge is -2.21. The Hall–Kier alpha value is -0.170. The second-order valence-electron chi connectivity index (χ2n) is 5.78. The third-order valence-corrected chi connectivity index (χ3v) is 5.89. The fraction of sp³-hybridized carbons (Fsp3) is 1.00. The van der Waals surface area contributed by atoms with Crippen molar-refractivity contribution in [3.05, 3.63) is 0 Å². The quantitative estimate of drug-likeness (QED) is 0.808. The van der Waals surface area contributed by atoms with Crippen molar-refractivity contribution < 1.29 is 13.2 Å². The van der Waals surface area contributed by atoms with E-state index in [-0.39, 0.29) is 11.3 Å². The number of sulfonamides is 1. The van der Waals surface area contributed by atoms with Crippen LogP contribution in [-0.2, 0) is 14.8 Å². The van der Waals surface area contributed by atoms with Crippen LogP contribution in [0, 0.1) is 5.92 Å². The summed E-state index contributed by atoms with van der Waals surface area (Å²) in [6, 6.07) is 0.509. The van der Waals surface area contributed by atoms with E-state index < -0.39 is 10.0 Å². The van der Waals surface area contributed by atoms with Gasteiger partial charge in [-0.25, -0.2) is 13.1 Å². The molecule has 18 heavy (non-hydrogen) atoms. The molecule has 0 aromatic heterocycles. The van der Waals surface area contributed by atoms with Crippen LogP contribution in [0.4, 0.5) is 0 Å². The van der Waals surface area contributed by atoms with Crippen molar-refractivity contribution in [3.63, 3.8) is 0 Å². The van der Waals surface area contributed by atoms with Gasteiger partial charge in [-0.05, 0) is 26.2 Å². The van der Waals surface area contributed by atoms with Crippen LogP contribution < -0.4 is 4.72 Å². The van der Waals surface area contributed by atoms with Crippen LogP contribution in [0.5, 0.6) is 0 Å². The van der Waals surface area contributed by atoms with Crippen molar-refractivity contribution in [3.8, 4) is 0 Å². The molecule has 2 fully saturated rings. The van der Waals surface area contributed by atoms with E-state index in [0.717, 1.165) is 13.1 Å². The van der Waals surface area contributed by atoms with Gasteiger partial charge in [0.1, 0.15) is 5.25 Å². The molecular weight excluding hydrogens is 252 g/mol. The summed E-state index contributed by atoms with van der Waals surface area (Å²) in [4.78, 5) is 2.32. The molecule has 1 N–H and O–H groups in total. The average molecular weight is 276 g/mol. The van der Waals surface area contributed by atoms with Crippen molar-refractivity contribution in [1.29, 1.82) is 0 Å². The summed E-state index contributed by atoms with van der Waals surface area (Å²) in [7, 11) is -3.23. The molecule has 0 aliphatic carbocycles. The minimum Gasteiger partial charge on any atom is -0.380 e. The highest BCUT2D eigenvalue weighted by atomic mass is 32.2. The molecule has 3 atom stereocenters. The maximum Gasteiger partial charge on any atom is 0.217 e. The van der Waals surface area contributed by atoms with Crippen molar-refractivity contribution in [2.75, 3.05) is 26.3 Å². The Bertz CT molecular complexity index is 377. The van der Waals surface area contributed by atoms with Gasteiger partial charge >= 0.3 is 0 Å². The highest BCUT2D eigenvalue weighted by molar-refractivity contribution is 7.90. The number of rotatable bonds is 4. The van der Waals surface area contributed by atoms with Crippen molar-refractivity contribution >= 4 is 10.0 Å². The average Bonchev–Trinajstić information content (AvgIpc) is 2.88. The number of ether oxygens (including phenoxy) is 1. The molecule has 0 aromatic carbocycles. The zero-order valence-electron chi connectivity index (χ0n) is 11.4. The normalized spacial score (nSPS) is 34.6. The fourth-order valence-corrected chi connectivity index (χ4v) is 4.25. The Labute approximate surface area is 110 Å². The van der Waals surface area contributed by atoms with Gasteiger partial charge in [0, 0.05) is 31.8 Å². The molecule has 2 saturated heterocycles. The summed E-state index contributed by atoms with van der Waals surface area (Å²) in [6.45, 7) is 9.08. The molecule has 2 aliphatic heterocycles. The van der Waals surface area contributed by atoms with E-state index in [1.54, 1.807) is 0 Å². The number of likely N-dealkylation sites (tertiary alicyclic amines) is 1. The second kappa shape index (κ2) is 5.45. The van der Waals surface area contributed by atoms with Gasteiger partial charge in [-0.2, -0.15) is 0 Å². The van der Waals surface area contributed by atoms with Crippen LogP contribution in [-0.4, -0.2) is 57.0 Å². The van der Waals surface area contributed by atoms with E-state index in [4.69, 9.17) is 4.74 Å². The summed E-state index contributed by atoms with van der Waals surface area (Å²) < 4.78 is 32.4. The lowest BCUT2D eigenvalue weighted by Crippen LogP contribution is -2.45. The van der Waals surface area contributed by atoms with Gasteiger partial charge in [0.25, 0.3) is 0 Å². The SMILES string of the molecule is CC(C)N1C[C@@H](C)[C@H](NS(=O)(=O)[C@H]2CCOC2)C1. The standard InChI is InChI=1S/C12H24N2O3S/c1-9(2)14-6-10(3)12(7-14)13-18(15,16)11-4-5-17-8-11/h9-13H,4-8H2,1-3H3/t10-,11+,12-/m1/s1. The van der Waals surface area contributed by atoms with Crippen LogP contribution in [0.3, 0.4) is 0 Å². The third-order valence-electron chi connectivity index (χ3n) is 4.01. The Balaban J connectivity index is 1.97. The first-order valence-electron chi connectivity index (χ1n) is 6.73. The first-order chi connectivity index (χ1) is 8.40. The summed E-state index contributed by atoms with van der Waals surface area (Å²) in [5.74, 6) is 0.365. The fourth-order valence-electron chi connectivity index (χ4n) is 2.64. The van der Waals surface area contributed by atoms with Crippen LogP contribution in [0.1, 0.15) is 27.2 Å². The van der Waals surface area contributed by atoms with E-state index in [9.17, 15) is 8.42 Å². The molecule has 0 spiro atoms. The van der Waals surface area contributed by atoms with Gasteiger partial charge in [0.15, 0.2) is 0 Å². The van der Waals surface area contributed by atoms with Gasteiger partial charge in [-0.1, -0.05) is 6.92 Å². The minimum absolute atomic E-state index is 0.0398. The molecule has 5 nitrogen and oxygen atoms in total. The number of hydrogen-bond acceptors (Lipinski definition) is 4. The summed E-state index contributed by atoms with van der Waals surface area (Å²) in [5.41, 5.74) is 0. The van der Waals surface area contributed by atoms with E-state index in [0.29, 0.717) is 31.6 Å². The number of hydrogen-bond donors (Lipinski definition) is 1. The maximum atomic E-state index is 12.2. The van der Waals surface area contributed by atoms with Gasteiger partial charge < -0.3 is 4.74 Å². The lowest BCUT2D eigenvalue weighted by molar-refractivity contribution is 0.198. The molecule has 6 heteroatoms. The monoisotopic (exact) mass is 276 g/mol. The maximum absolute atomic E-state index is 12.2. The molecule has 0 amide bonds. The largest absolute Gasteiger partial charge is 0.380 e. The Morgan fingerprint density at radius 1 is 1.33 bits per heavy atom. The molecule has 2 rings (SSSR count).